The molecule has 2 amide bonds. The average molecular weight is 516 g/mol. The van der Waals surface area contributed by atoms with Gasteiger partial charge in [-0.1, -0.05) is 64.3 Å². The summed E-state index contributed by atoms with van der Waals surface area (Å²) in [6, 6.07) is 11.7. The van der Waals surface area contributed by atoms with Gasteiger partial charge in [0, 0.05) is 22.1 Å². The van der Waals surface area contributed by atoms with Gasteiger partial charge in [0.15, 0.2) is 6.61 Å². The Bertz CT molecular complexity index is 892. The van der Waals surface area contributed by atoms with Crippen LogP contribution in [0.3, 0.4) is 0 Å². The van der Waals surface area contributed by atoms with E-state index in [1.54, 1.807) is 24.3 Å². The van der Waals surface area contributed by atoms with Crippen LogP contribution in [0.15, 0.2) is 46.9 Å². The van der Waals surface area contributed by atoms with Crippen molar-refractivity contribution in [2.45, 2.75) is 45.8 Å². The molecule has 0 spiro atoms. The van der Waals surface area contributed by atoms with Crippen molar-refractivity contribution >= 4 is 50.9 Å². The second-order valence-electron chi connectivity index (χ2n) is 7.06. The summed E-state index contributed by atoms with van der Waals surface area (Å²) in [6.45, 7) is 5.56. The number of carbonyl (C=O) groups excluding carboxylic acids is 2. The topological polar surface area (TPSA) is 58.6 Å². The van der Waals surface area contributed by atoms with Gasteiger partial charge in [0.05, 0.1) is 5.02 Å². The Labute approximate surface area is 195 Å². The van der Waals surface area contributed by atoms with Gasteiger partial charge in [0.1, 0.15) is 11.8 Å². The molecule has 0 saturated carbocycles. The molecule has 30 heavy (non-hydrogen) atoms. The van der Waals surface area contributed by atoms with E-state index in [0.717, 1.165) is 10.0 Å². The summed E-state index contributed by atoms with van der Waals surface area (Å²) in [7, 11) is 0. The fourth-order valence-corrected chi connectivity index (χ4v) is 3.85. The lowest BCUT2D eigenvalue weighted by atomic mass is 10.1. The molecule has 162 valence electrons. The lowest BCUT2D eigenvalue weighted by Crippen LogP contribution is -2.51. The van der Waals surface area contributed by atoms with E-state index in [1.807, 2.05) is 39.0 Å². The number of halogens is 3. The first-order valence-electron chi connectivity index (χ1n) is 9.64. The number of hydrogen-bond donors (Lipinski definition) is 1. The Kier molecular flexibility index (Phi) is 9.46. The van der Waals surface area contributed by atoms with E-state index in [9.17, 15) is 9.59 Å². The van der Waals surface area contributed by atoms with Gasteiger partial charge in [-0.15, -0.1) is 0 Å². The van der Waals surface area contributed by atoms with E-state index in [1.165, 1.54) is 4.90 Å². The van der Waals surface area contributed by atoms with Crippen molar-refractivity contribution in [1.82, 2.24) is 10.2 Å². The molecule has 2 rings (SSSR count). The first-order valence-corrected chi connectivity index (χ1v) is 11.2. The van der Waals surface area contributed by atoms with Crippen LogP contribution in [0, 0.1) is 0 Å². The second-order valence-corrected chi connectivity index (χ2v) is 8.79. The SMILES string of the molecule is CC[C@@H](C(=O)NC(C)C)N(Cc1ccccc1Cl)C(=O)COc1ccc(Br)cc1Cl. The largest absolute Gasteiger partial charge is 0.482 e. The number of nitrogens with one attached hydrogen (secondary N) is 1. The van der Waals surface area contributed by atoms with E-state index in [2.05, 4.69) is 21.2 Å². The minimum atomic E-state index is -0.653. The van der Waals surface area contributed by atoms with Gasteiger partial charge >= 0.3 is 0 Å². The zero-order valence-electron chi connectivity index (χ0n) is 17.1. The fraction of sp³-hybridized carbons (Fsp3) is 0.364. The van der Waals surface area contributed by atoms with Crippen LogP contribution < -0.4 is 10.1 Å². The first kappa shape index (κ1) is 24.5. The highest BCUT2D eigenvalue weighted by atomic mass is 79.9. The van der Waals surface area contributed by atoms with Crippen molar-refractivity contribution in [2.75, 3.05) is 6.61 Å². The molecule has 0 unspecified atom stereocenters. The van der Waals surface area contributed by atoms with Gasteiger partial charge in [-0.3, -0.25) is 9.59 Å². The van der Waals surface area contributed by atoms with Crippen molar-refractivity contribution in [2.24, 2.45) is 0 Å². The second kappa shape index (κ2) is 11.6. The fourth-order valence-electron chi connectivity index (χ4n) is 2.93. The molecule has 0 radical (unpaired) electrons. The Morgan fingerprint density at radius 3 is 2.43 bits per heavy atom. The van der Waals surface area contributed by atoms with E-state index >= 15 is 0 Å². The van der Waals surface area contributed by atoms with Crippen molar-refractivity contribution < 1.29 is 14.3 Å². The van der Waals surface area contributed by atoms with Gasteiger partial charge in [-0.25, -0.2) is 0 Å². The Morgan fingerprint density at radius 1 is 1.13 bits per heavy atom. The van der Waals surface area contributed by atoms with Crippen LogP contribution in [0.5, 0.6) is 5.75 Å². The van der Waals surface area contributed by atoms with Crippen LogP contribution in [0.2, 0.25) is 10.0 Å². The maximum Gasteiger partial charge on any atom is 0.261 e. The number of carbonyl (C=O) groups is 2. The van der Waals surface area contributed by atoms with Gasteiger partial charge in [-0.2, -0.15) is 0 Å². The highest BCUT2D eigenvalue weighted by Crippen LogP contribution is 2.28. The summed E-state index contributed by atoms with van der Waals surface area (Å²) in [5, 5.41) is 3.81. The zero-order valence-corrected chi connectivity index (χ0v) is 20.2. The molecule has 1 atom stereocenters. The molecule has 0 aliphatic carbocycles. The summed E-state index contributed by atoms with van der Waals surface area (Å²) in [5.74, 6) is -0.153. The van der Waals surface area contributed by atoms with E-state index in [-0.39, 0.29) is 31.0 Å². The Morgan fingerprint density at radius 2 is 1.83 bits per heavy atom. The maximum absolute atomic E-state index is 13.1. The average Bonchev–Trinajstić information content (AvgIpc) is 2.67. The molecular formula is C22H25BrCl2N2O3. The quantitative estimate of drug-likeness (QED) is 0.482. The molecule has 0 aromatic heterocycles. The van der Waals surface area contributed by atoms with Crippen molar-refractivity contribution in [3.63, 3.8) is 0 Å². The van der Waals surface area contributed by atoms with Crippen LogP contribution in [0.4, 0.5) is 0 Å². The molecular weight excluding hydrogens is 491 g/mol. The number of benzene rings is 2. The summed E-state index contributed by atoms with van der Waals surface area (Å²) in [5.41, 5.74) is 0.755. The smallest absolute Gasteiger partial charge is 0.261 e. The number of rotatable bonds is 9. The number of amides is 2. The molecule has 0 fully saturated rings. The van der Waals surface area contributed by atoms with Crippen LogP contribution in [0.1, 0.15) is 32.8 Å². The van der Waals surface area contributed by atoms with Crippen molar-refractivity contribution in [3.05, 3.63) is 62.5 Å². The van der Waals surface area contributed by atoms with Crippen molar-refractivity contribution in [3.8, 4) is 5.75 Å². The number of hydrogen-bond acceptors (Lipinski definition) is 3. The minimum absolute atomic E-state index is 0.0402. The molecule has 0 heterocycles. The number of nitrogens with zero attached hydrogens (tertiary/aromatic N) is 1. The predicted octanol–water partition coefficient (Wildman–Crippen LogP) is 5.47. The normalized spacial score (nSPS) is 11.8. The van der Waals surface area contributed by atoms with E-state index in [0.29, 0.717) is 22.2 Å². The van der Waals surface area contributed by atoms with Crippen LogP contribution in [-0.2, 0) is 16.1 Å². The maximum atomic E-state index is 13.1. The predicted molar refractivity (Wildman–Crippen MR) is 124 cm³/mol. The van der Waals surface area contributed by atoms with Crippen molar-refractivity contribution in [1.29, 1.82) is 0 Å². The summed E-state index contributed by atoms with van der Waals surface area (Å²) in [4.78, 5) is 27.4. The zero-order chi connectivity index (χ0) is 22.3. The van der Waals surface area contributed by atoms with Crippen LogP contribution in [-0.4, -0.2) is 35.4 Å². The van der Waals surface area contributed by atoms with E-state index < -0.39 is 6.04 Å². The monoisotopic (exact) mass is 514 g/mol. The van der Waals surface area contributed by atoms with E-state index in [4.69, 9.17) is 27.9 Å². The lowest BCUT2D eigenvalue weighted by molar-refractivity contribution is -0.143. The summed E-state index contributed by atoms with van der Waals surface area (Å²) in [6.07, 6.45) is 0.452. The molecule has 0 bridgehead atoms. The van der Waals surface area contributed by atoms with Crippen LogP contribution in [0.25, 0.3) is 0 Å². The molecule has 2 aromatic carbocycles. The standard InChI is InChI=1S/C22H25BrCl2N2O3/c1-4-19(22(29)26-14(2)3)27(12-15-7-5-6-8-17(15)24)21(28)13-30-20-10-9-16(23)11-18(20)25/h5-11,14,19H,4,12-13H2,1-3H3,(H,26,29)/t19-/m0/s1. The molecule has 0 aliphatic rings. The molecule has 8 heteroatoms. The van der Waals surface area contributed by atoms with Gasteiger partial charge in [-0.05, 0) is 50.1 Å². The highest BCUT2D eigenvalue weighted by molar-refractivity contribution is 9.10. The first-order chi connectivity index (χ1) is 14.2. The Balaban J connectivity index is 2.25. The lowest BCUT2D eigenvalue weighted by Gasteiger charge is -2.31. The highest BCUT2D eigenvalue weighted by Gasteiger charge is 2.29. The molecule has 1 N–H and O–H groups in total. The molecule has 0 saturated heterocycles. The van der Waals surface area contributed by atoms with Gasteiger partial charge in [0.2, 0.25) is 5.91 Å². The molecule has 5 nitrogen and oxygen atoms in total. The third kappa shape index (κ3) is 6.89. The molecule has 0 aliphatic heterocycles. The summed E-state index contributed by atoms with van der Waals surface area (Å²) < 4.78 is 6.46. The van der Waals surface area contributed by atoms with Gasteiger partial charge < -0.3 is 15.0 Å². The van der Waals surface area contributed by atoms with Gasteiger partial charge in [0.25, 0.3) is 5.91 Å². The Hall–Kier alpha value is -1.76. The third-order valence-electron chi connectivity index (χ3n) is 4.36. The third-order valence-corrected chi connectivity index (χ3v) is 5.52. The molecule has 2 aromatic rings. The number of ether oxygens (including phenoxy) is 1. The summed E-state index contributed by atoms with van der Waals surface area (Å²) >= 11 is 15.8. The van der Waals surface area contributed by atoms with Crippen LogP contribution >= 0.6 is 39.1 Å². The minimum Gasteiger partial charge on any atom is -0.482 e.